The number of hydrogen-bond donors (Lipinski definition) is 2. The van der Waals surface area contributed by atoms with Crippen LogP contribution in [0.5, 0.6) is 0 Å². The molecule has 1 unspecified atom stereocenters. The minimum Gasteiger partial charge on any atom is -0.477 e. The first-order valence-electron chi connectivity index (χ1n) is 11.1. The third kappa shape index (κ3) is 3.82. The van der Waals surface area contributed by atoms with E-state index in [9.17, 15) is 14.7 Å². The predicted molar refractivity (Wildman–Crippen MR) is 143 cm³/mol. The Bertz CT molecular complexity index is 1470. The van der Waals surface area contributed by atoms with Gasteiger partial charge in [0, 0.05) is 30.2 Å². The third-order valence-corrected chi connectivity index (χ3v) is 8.33. The molecule has 180 valence electrons. The number of anilines is 3. The SMILES string of the molecule is CCSC1N(C)c2c(C)sc(C(=O)O)c2N1c1ccc(-c2ccccc2-c2nc(=O)[nH]n2C)cc1. The van der Waals surface area contributed by atoms with Gasteiger partial charge in [0.2, 0.25) is 0 Å². The molecule has 1 aliphatic heterocycles. The van der Waals surface area contributed by atoms with Crippen molar-refractivity contribution < 1.29 is 9.90 Å². The van der Waals surface area contributed by atoms with E-state index in [1.54, 1.807) is 23.5 Å². The summed E-state index contributed by atoms with van der Waals surface area (Å²) < 4.78 is 1.62. The monoisotopic (exact) mass is 507 g/mol. The third-order valence-electron chi connectivity index (χ3n) is 6.10. The Labute approximate surface area is 210 Å². The van der Waals surface area contributed by atoms with Gasteiger partial charge < -0.3 is 14.9 Å². The molecule has 2 aromatic carbocycles. The van der Waals surface area contributed by atoms with Crippen molar-refractivity contribution in [3.05, 3.63) is 68.8 Å². The molecule has 0 amide bonds. The normalized spacial score (nSPS) is 15.0. The standard InChI is InChI=1S/C25H25N5O3S2/c1-5-34-25-28(3)19-14(2)35-21(23(31)32)20(19)30(25)16-12-10-15(11-13-16)17-8-6-7-9-18(17)22-26-24(33)27-29(22)4/h6-13,25H,5H2,1-4H3,(H,27,33)(H,31,32). The highest BCUT2D eigenvalue weighted by Gasteiger charge is 2.41. The highest BCUT2D eigenvalue weighted by atomic mass is 32.2. The van der Waals surface area contributed by atoms with Crippen molar-refractivity contribution in [1.82, 2.24) is 14.8 Å². The van der Waals surface area contributed by atoms with Crippen molar-refractivity contribution in [3.8, 4) is 22.5 Å². The van der Waals surface area contributed by atoms with Gasteiger partial charge in [-0.2, -0.15) is 4.98 Å². The molecule has 1 aliphatic rings. The Hall–Kier alpha value is -3.50. The number of H-pyrrole nitrogens is 1. The van der Waals surface area contributed by atoms with Crippen LogP contribution in [0.1, 0.15) is 21.5 Å². The quantitative estimate of drug-likeness (QED) is 0.373. The van der Waals surface area contributed by atoms with Gasteiger partial charge in [-0.1, -0.05) is 43.3 Å². The summed E-state index contributed by atoms with van der Waals surface area (Å²) in [6, 6.07) is 16.0. The van der Waals surface area contributed by atoms with Crippen LogP contribution in [-0.2, 0) is 7.05 Å². The van der Waals surface area contributed by atoms with E-state index in [0.29, 0.717) is 10.7 Å². The van der Waals surface area contributed by atoms with Gasteiger partial charge in [-0.3, -0.25) is 4.68 Å². The molecule has 0 fully saturated rings. The number of nitrogens with zero attached hydrogens (tertiary/aromatic N) is 4. The van der Waals surface area contributed by atoms with Crippen molar-refractivity contribution in [2.75, 3.05) is 22.6 Å². The molecule has 3 heterocycles. The molecule has 2 aromatic heterocycles. The Kier molecular flexibility index (Phi) is 5.94. The van der Waals surface area contributed by atoms with Gasteiger partial charge >= 0.3 is 11.7 Å². The molecule has 10 heteroatoms. The van der Waals surface area contributed by atoms with E-state index < -0.39 is 5.97 Å². The van der Waals surface area contributed by atoms with Crippen LogP contribution in [0.15, 0.2) is 53.3 Å². The maximum atomic E-state index is 12.1. The molecule has 0 aliphatic carbocycles. The topological polar surface area (TPSA) is 94.5 Å². The highest BCUT2D eigenvalue weighted by Crippen LogP contribution is 2.53. The fourth-order valence-corrected chi connectivity index (χ4v) is 6.68. The number of rotatable bonds is 6. The molecule has 0 bridgehead atoms. The average molecular weight is 508 g/mol. The van der Waals surface area contributed by atoms with Gasteiger partial charge in [0.05, 0.1) is 11.4 Å². The number of fused-ring (bicyclic) bond motifs is 1. The van der Waals surface area contributed by atoms with E-state index in [1.807, 2.05) is 62.5 Å². The van der Waals surface area contributed by atoms with Crippen LogP contribution in [0.4, 0.5) is 17.1 Å². The molecule has 1 atom stereocenters. The van der Waals surface area contributed by atoms with Gasteiger partial charge in [-0.15, -0.1) is 23.1 Å². The largest absolute Gasteiger partial charge is 0.477 e. The van der Waals surface area contributed by atoms with E-state index in [0.717, 1.165) is 44.4 Å². The number of thioether (sulfide) groups is 1. The number of carboxylic acid groups (broad SMARTS) is 1. The van der Waals surface area contributed by atoms with Gasteiger partial charge in [0.15, 0.2) is 11.3 Å². The van der Waals surface area contributed by atoms with Crippen LogP contribution >= 0.6 is 23.1 Å². The van der Waals surface area contributed by atoms with Crippen LogP contribution in [-0.4, -0.2) is 44.1 Å². The zero-order valence-corrected chi connectivity index (χ0v) is 21.4. The number of hydrogen-bond acceptors (Lipinski definition) is 7. The second-order valence-electron chi connectivity index (χ2n) is 8.26. The number of thiophene rings is 1. The van der Waals surface area contributed by atoms with Gasteiger partial charge in [0.1, 0.15) is 4.88 Å². The smallest absolute Gasteiger partial charge is 0.361 e. The minimum absolute atomic E-state index is 0.0353. The Morgan fingerprint density at radius 1 is 1.11 bits per heavy atom. The molecule has 4 aromatic rings. The average Bonchev–Trinajstić information content (AvgIpc) is 3.46. The number of benzene rings is 2. The summed E-state index contributed by atoms with van der Waals surface area (Å²) in [5.41, 5.74) is 5.03. The lowest BCUT2D eigenvalue weighted by Crippen LogP contribution is -2.36. The molecular formula is C25H25N5O3S2. The molecule has 8 nitrogen and oxygen atoms in total. The lowest BCUT2D eigenvalue weighted by atomic mass is 9.99. The summed E-state index contributed by atoms with van der Waals surface area (Å²) in [6.45, 7) is 4.08. The molecule has 35 heavy (non-hydrogen) atoms. The van der Waals surface area contributed by atoms with E-state index in [2.05, 4.69) is 26.8 Å². The number of aromatic nitrogens is 3. The van der Waals surface area contributed by atoms with Crippen LogP contribution in [0, 0.1) is 6.92 Å². The predicted octanol–water partition coefficient (Wildman–Crippen LogP) is 5.14. The molecule has 0 saturated heterocycles. The first kappa shape index (κ1) is 23.3. The lowest BCUT2D eigenvalue weighted by Gasteiger charge is -2.31. The zero-order valence-electron chi connectivity index (χ0n) is 19.8. The summed E-state index contributed by atoms with van der Waals surface area (Å²) in [5.74, 6) is 0.559. The summed E-state index contributed by atoms with van der Waals surface area (Å²) in [5, 5.41) is 12.6. The van der Waals surface area contributed by atoms with E-state index in [1.165, 1.54) is 11.3 Å². The summed E-state index contributed by atoms with van der Waals surface area (Å²) >= 11 is 3.08. The Morgan fingerprint density at radius 3 is 2.40 bits per heavy atom. The maximum Gasteiger partial charge on any atom is 0.361 e. The first-order chi connectivity index (χ1) is 16.8. The lowest BCUT2D eigenvalue weighted by molar-refractivity contribution is 0.0703. The number of aromatic carboxylic acids is 1. The van der Waals surface area contributed by atoms with Crippen molar-refractivity contribution in [1.29, 1.82) is 0 Å². The van der Waals surface area contributed by atoms with Crippen molar-refractivity contribution in [2.24, 2.45) is 7.05 Å². The Balaban J connectivity index is 1.59. The maximum absolute atomic E-state index is 12.1. The van der Waals surface area contributed by atoms with Gasteiger partial charge in [-0.25, -0.2) is 14.7 Å². The molecule has 0 saturated carbocycles. The number of aryl methyl sites for hydroxylation is 2. The molecule has 5 rings (SSSR count). The van der Waals surface area contributed by atoms with Gasteiger partial charge in [-0.05, 0) is 35.9 Å². The molecule has 2 N–H and O–H groups in total. The first-order valence-corrected chi connectivity index (χ1v) is 13.0. The summed E-state index contributed by atoms with van der Waals surface area (Å²) in [4.78, 5) is 33.6. The fourth-order valence-electron chi connectivity index (χ4n) is 4.66. The van der Waals surface area contributed by atoms with Crippen LogP contribution in [0.2, 0.25) is 0 Å². The zero-order chi connectivity index (χ0) is 24.9. The van der Waals surface area contributed by atoms with Crippen molar-refractivity contribution in [3.63, 3.8) is 0 Å². The van der Waals surface area contributed by atoms with E-state index in [-0.39, 0.29) is 11.2 Å². The number of carboxylic acids is 1. The van der Waals surface area contributed by atoms with E-state index >= 15 is 0 Å². The van der Waals surface area contributed by atoms with Crippen molar-refractivity contribution in [2.45, 2.75) is 19.3 Å². The van der Waals surface area contributed by atoms with E-state index in [4.69, 9.17) is 0 Å². The molecule has 0 spiro atoms. The van der Waals surface area contributed by atoms with Crippen LogP contribution < -0.4 is 15.5 Å². The summed E-state index contributed by atoms with van der Waals surface area (Å²) in [7, 11) is 3.79. The van der Waals surface area contributed by atoms with Gasteiger partial charge in [0.25, 0.3) is 0 Å². The molecular weight excluding hydrogens is 482 g/mol. The fraction of sp³-hybridized carbons (Fsp3) is 0.240. The molecule has 0 radical (unpaired) electrons. The number of nitrogens with one attached hydrogen (secondary N) is 1. The summed E-state index contributed by atoms with van der Waals surface area (Å²) in [6.07, 6.45) is 0. The second kappa shape index (κ2) is 8.94. The number of aromatic amines is 1. The Morgan fingerprint density at radius 2 is 1.80 bits per heavy atom. The number of carbonyl (C=O) groups is 1. The van der Waals surface area contributed by atoms with Crippen LogP contribution in [0.25, 0.3) is 22.5 Å². The second-order valence-corrected chi connectivity index (χ2v) is 10.8. The van der Waals surface area contributed by atoms with Crippen molar-refractivity contribution >= 4 is 46.1 Å². The highest BCUT2D eigenvalue weighted by molar-refractivity contribution is 8.00. The minimum atomic E-state index is -0.907. The van der Waals surface area contributed by atoms with Crippen LogP contribution in [0.3, 0.4) is 0 Å².